The molecule has 0 heterocycles. The maximum absolute atomic E-state index is 13.7. The summed E-state index contributed by atoms with van der Waals surface area (Å²) in [6.45, 7) is 0. The van der Waals surface area contributed by atoms with Crippen molar-refractivity contribution >= 4 is 0 Å². The summed E-state index contributed by atoms with van der Waals surface area (Å²) in [6, 6.07) is 0.253. The Labute approximate surface area is 127 Å². The van der Waals surface area contributed by atoms with E-state index in [1.807, 2.05) is 0 Å². The third kappa shape index (κ3) is 3.04. The van der Waals surface area contributed by atoms with Crippen LogP contribution >= 0.6 is 0 Å². The molecule has 0 saturated carbocycles. The van der Waals surface area contributed by atoms with E-state index in [1.165, 1.54) is 0 Å². The third-order valence-corrected chi connectivity index (χ3v) is 3.03. The first-order valence-corrected chi connectivity index (χ1v) is 5.97. The summed E-state index contributed by atoms with van der Waals surface area (Å²) >= 11 is 0. The van der Waals surface area contributed by atoms with Gasteiger partial charge in [-0.25, -0.2) is 30.7 Å². The van der Waals surface area contributed by atoms with Crippen LogP contribution in [-0.2, 0) is 6.18 Å². The predicted molar refractivity (Wildman–Crippen MR) is 61.6 cm³/mol. The van der Waals surface area contributed by atoms with Gasteiger partial charge in [0.1, 0.15) is 0 Å². The fourth-order valence-corrected chi connectivity index (χ4v) is 1.94. The molecule has 0 N–H and O–H groups in total. The van der Waals surface area contributed by atoms with Crippen LogP contribution in [0, 0.1) is 29.1 Å². The minimum atomic E-state index is -5.18. The summed E-state index contributed by atoms with van der Waals surface area (Å²) in [7, 11) is 0. The van der Waals surface area contributed by atoms with E-state index in [9.17, 15) is 43.9 Å². The molecule has 2 aromatic carbocycles. The fraction of sp³-hybridized carbons (Fsp3) is 0.143. The van der Waals surface area contributed by atoms with E-state index in [1.54, 1.807) is 0 Å². The molecule has 0 saturated heterocycles. The third-order valence-electron chi connectivity index (χ3n) is 3.03. The van der Waals surface area contributed by atoms with E-state index < -0.39 is 63.9 Å². The van der Waals surface area contributed by atoms with Crippen LogP contribution in [0.2, 0.25) is 0 Å². The van der Waals surface area contributed by atoms with Crippen molar-refractivity contribution in [3.05, 3.63) is 58.4 Å². The lowest BCUT2D eigenvalue weighted by atomic mass is 9.98. The Bertz CT molecular complexity index is 762. The summed E-state index contributed by atoms with van der Waals surface area (Å²) in [5.41, 5.74) is -5.95. The Morgan fingerprint density at radius 3 is 1.54 bits per heavy atom. The van der Waals surface area contributed by atoms with Gasteiger partial charge in [-0.2, -0.15) is 13.2 Å². The van der Waals surface area contributed by atoms with Crippen molar-refractivity contribution in [1.82, 2.24) is 0 Å². The molecular weight excluding hydrogens is 358 g/mol. The SMILES string of the molecule is Fc1c(F)c(F)c(-c2cc(C(F)F)cc(C(F)(F)F)c2)c(F)c1F. The van der Waals surface area contributed by atoms with Gasteiger partial charge in [-0.3, -0.25) is 0 Å². The molecule has 0 fully saturated rings. The predicted octanol–water partition coefficient (Wildman–Crippen LogP) is 6.01. The van der Waals surface area contributed by atoms with Crippen molar-refractivity contribution in [3.8, 4) is 11.1 Å². The van der Waals surface area contributed by atoms with Gasteiger partial charge in [0.15, 0.2) is 23.3 Å². The van der Waals surface area contributed by atoms with Crippen LogP contribution < -0.4 is 0 Å². The summed E-state index contributed by atoms with van der Waals surface area (Å²) in [5, 5.41) is 0. The monoisotopic (exact) mass is 362 g/mol. The molecule has 0 radical (unpaired) electrons. The normalized spacial score (nSPS) is 12.1. The highest BCUT2D eigenvalue weighted by atomic mass is 19.4. The van der Waals surface area contributed by atoms with Crippen LogP contribution in [0.15, 0.2) is 18.2 Å². The van der Waals surface area contributed by atoms with Gasteiger partial charge in [0.05, 0.1) is 11.1 Å². The fourth-order valence-electron chi connectivity index (χ4n) is 1.94. The molecule has 10 heteroatoms. The Morgan fingerprint density at radius 2 is 1.12 bits per heavy atom. The molecule has 0 bridgehead atoms. The van der Waals surface area contributed by atoms with Crippen molar-refractivity contribution in [2.75, 3.05) is 0 Å². The van der Waals surface area contributed by atoms with Crippen LogP contribution in [0.25, 0.3) is 11.1 Å². The minimum absolute atomic E-state index is 0.0141. The van der Waals surface area contributed by atoms with Crippen molar-refractivity contribution in [2.45, 2.75) is 12.6 Å². The van der Waals surface area contributed by atoms with Gasteiger partial charge in [0.2, 0.25) is 5.82 Å². The van der Waals surface area contributed by atoms with E-state index in [0.717, 1.165) is 0 Å². The highest BCUT2D eigenvalue weighted by Crippen LogP contribution is 2.38. The van der Waals surface area contributed by atoms with Crippen LogP contribution in [-0.4, -0.2) is 0 Å². The van der Waals surface area contributed by atoms with Gasteiger partial charge in [0, 0.05) is 5.56 Å². The standard InChI is InChI=1S/C14H4F10/c15-8-7(9(16)11(18)12(19)10(8)17)4-1-5(13(20)21)3-6(2-4)14(22,23)24/h1-3,13H. The average Bonchev–Trinajstić information content (AvgIpc) is 2.50. The van der Waals surface area contributed by atoms with Gasteiger partial charge in [-0.05, 0) is 23.8 Å². The molecule has 0 atom stereocenters. The second-order valence-electron chi connectivity index (χ2n) is 4.59. The number of rotatable bonds is 2. The molecule has 130 valence electrons. The summed E-state index contributed by atoms with van der Waals surface area (Å²) in [5.74, 6) is -12.2. The Kier molecular flexibility index (Phi) is 4.51. The molecular formula is C14H4F10. The van der Waals surface area contributed by atoms with Gasteiger partial charge in [0.25, 0.3) is 6.43 Å². The second-order valence-corrected chi connectivity index (χ2v) is 4.59. The van der Waals surface area contributed by atoms with Crippen molar-refractivity contribution in [1.29, 1.82) is 0 Å². The number of alkyl halides is 5. The van der Waals surface area contributed by atoms with E-state index >= 15 is 0 Å². The first-order valence-electron chi connectivity index (χ1n) is 5.97. The molecule has 0 unspecified atom stereocenters. The molecule has 0 nitrogen and oxygen atoms in total. The number of halogens is 10. The summed E-state index contributed by atoms with van der Waals surface area (Å²) < 4.78 is 130. The van der Waals surface area contributed by atoms with Crippen molar-refractivity contribution < 1.29 is 43.9 Å². The molecule has 2 rings (SSSR count). The lowest BCUT2D eigenvalue weighted by Gasteiger charge is -2.14. The number of hydrogen-bond donors (Lipinski definition) is 0. The Balaban J connectivity index is 2.85. The lowest BCUT2D eigenvalue weighted by molar-refractivity contribution is -0.137. The average molecular weight is 362 g/mol. The zero-order chi connectivity index (χ0) is 18.4. The molecule has 0 aliphatic carbocycles. The van der Waals surface area contributed by atoms with E-state index in [0.29, 0.717) is 0 Å². The van der Waals surface area contributed by atoms with Gasteiger partial charge in [-0.15, -0.1) is 0 Å². The largest absolute Gasteiger partial charge is 0.416 e. The van der Waals surface area contributed by atoms with Crippen LogP contribution in [0.3, 0.4) is 0 Å². The van der Waals surface area contributed by atoms with Crippen molar-refractivity contribution in [2.24, 2.45) is 0 Å². The molecule has 2 aromatic rings. The van der Waals surface area contributed by atoms with Gasteiger partial charge >= 0.3 is 6.18 Å². The molecule has 0 aliphatic heterocycles. The second kappa shape index (κ2) is 5.99. The van der Waals surface area contributed by atoms with Crippen LogP contribution in [0.1, 0.15) is 17.6 Å². The zero-order valence-corrected chi connectivity index (χ0v) is 11.1. The van der Waals surface area contributed by atoms with Gasteiger partial charge < -0.3 is 0 Å². The quantitative estimate of drug-likeness (QED) is 0.349. The molecule has 0 amide bonds. The van der Waals surface area contributed by atoms with Crippen molar-refractivity contribution in [3.63, 3.8) is 0 Å². The highest BCUT2D eigenvalue weighted by Gasteiger charge is 2.34. The summed E-state index contributed by atoms with van der Waals surface area (Å²) in [4.78, 5) is 0. The highest BCUT2D eigenvalue weighted by molar-refractivity contribution is 5.67. The summed E-state index contributed by atoms with van der Waals surface area (Å²) in [6.07, 6.45) is -8.64. The number of hydrogen-bond acceptors (Lipinski definition) is 0. The van der Waals surface area contributed by atoms with E-state index in [-0.39, 0.29) is 18.2 Å². The molecule has 24 heavy (non-hydrogen) atoms. The lowest BCUT2D eigenvalue weighted by Crippen LogP contribution is -2.08. The molecule has 0 spiro atoms. The Morgan fingerprint density at radius 1 is 0.667 bits per heavy atom. The minimum Gasteiger partial charge on any atom is -0.205 e. The molecule has 0 aromatic heterocycles. The smallest absolute Gasteiger partial charge is 0.205 e. The first-order chi connectivity index (χ1) is 10.9. The van der Waals surface area contributed by atoms with E-state index in [2.05, 4.69) is 0 Å². The van der Waals surface area contributed by atoms with E-state index in [4.69, 9.17) is 0 Å². The number of benzene rings is 2. The molecule has 0 aliphatic rings. The van der Waals surface area contributed by atoms with Gasteiger partial charge in [-0.1, -0.05) is 0 Å². The Hall–Kier alpha value is -2.26. The maximum atomic E-state index is 13.7. The first kappa shape index (κ1) is 18.1. The maximum Gasteiger partial charge on any atom is 0.416 e. The topological polar surface area (TPSA) is 0 Å². The van der Waals surface area contributed by atoms with Crippen LogP contribution in [0.4, 0.5) is 43.9 Å². The zero-order valence-electron chi connectivity index (χ0n) is 11.1. The van der Waals surface area contributed by atoms with Crippen LogP contribution in [0.5, 0.6) is 0 Å².